The van der Waals surface area contributed by atoms with Crippen LogP contribution in [-0.2, 0) is 0 Å². The van der Waals surface area contributed by atoms with E-state index in [0.717, 1.165) is 6.42 Å². The summed E-state index contributed by atoms with van der Waals surface area (Å²) in [6, 6.07) is 0. The first-order valence-corrected chi connectivity index (χ1v) is 7.67. The molecule has 17 heavy (non-hydrogen) atoms. The molecule has 0 atom stereocenters. The molecule has 0 heterocycles. The van der Waals surface area contributed by atoms with Crippen LogP contribution in [0.1, 0.15) is 84.0 Å². The second kappa shape index (κ2) is 15.7. The third-order valence-electron chi connectivity index (χ3n) is 3.15. The minimum atomic E-state index is 0.367. The molecule has 0 aromatic heterocycles. The number of allylic oxidation sites excluding steroid dienone is 2. The highest BCUT2D eigenvalue weighted by atomic mass is 16.2. The maximum absolute atomic E-state index is 8.64. The van der Waals surface area contributed by atoms with Crippen LogP contribution in [0.15, 0.2) is 12.2 Å². The summed E-state index contributed by atoms with van der Waals surface area (Å²) in [5.74, 6) is 0. The first kappa shape index (κ1) is 16.7. The highest BCUT2D eigenvalue weighted by molar-refractivity contribution is 4.80. The molecular formula is C16H32O. The lowest BCUT2D eigenvalue weighted by molar-refractivity contribution is 0.282. The van der Waals surface area contributed by atoms with Crippen LogP contribution in [0, 0.1) is 0 Å². The number of aliphatic hydroxyl groups is 1. The Bertz CT molecular complexity index is 152. The monoisotopic (exact) mass is 240 g/mol. The molecule has 0 aliphatic carbocycles. The van der Waals surface area contributed by atoms with Crippen molar-refractivity contribution in [2.45, 2.75) is 84.0 Å². The summed E-state index contributed by atoms with van der Waals surface area (Å²) in [6.45, 7) is 2.59. The van der Waals surface area contributed by atoms with Crippen molar-refractivity contribution >= 4 is 0 Å². The van der Waals surface area contributed by atoms with E-state index in [2.05, 4.69) is 19.1 Å². The fraction of sp³-hybridized carbons (Fsp3) is 0.875. The van der Waals surface area contributed by atoms with Gasteiger partial charge in [-0.15, -0.1) is 0 Å². The standard InChI is InChI=1S/C16H32O/c1-2-3-4-5-6-7-8-9-10-11-12-13-14-15-16-17/h4-5,17H,2-3,6-16H2,1H3/b5-4+. The van der Waals surface area contributed by atoms with E-state index >= 15 is 0 Å². The van der Waals surface area contributed by atoms with Crippen molar-refractivity contribution in [3.05, 3.63) is 12.2 Å². The van der Waals surface area contributed by atoms with Gasteiger partial charge >= 0.3 is 0 Å². The number of hydrogen-bond acceptors (Lipinski definition) is 1. The van der Waals surface area contributed by atoms with Gasteiger partial charge in [0, 0.05) is 6.61 Å². The van der Waals surface area contributed by atoms with Crippen molar-refractivity contribution < 1.29 is 5.11 Å². The van der Waals surface area contributed by atoms with Crippen LogP contribution in [0.3, 0.4) is 0 Å². The quantitative estimate of drug-likeness (QED) is 0.345. The number of unbranched alkanes of at least 4 members (excludes halogenated alkanes) is 10. The van der Waals surface area contributed by atoms with Crippen molar-refractivity contribution in [1.82, 2.24) is 0 Å². The van der Waals surface area contributed by atoms with Crippen molar-refractivity contribution in [3.63, 3.8) is 0 Å². The molecule has 1 N–H and O–H groups in total. The summed E-state index contributed by atoms with van der Waals surface area (Å²) in [5.41, 5.74) is 0. The van der Waals surface area contributed by atoms with E-state index in [9.17, 15) is 0 Å². The smallest absolute Gasteiger partial charge is 0.0431 e. The van der Waals surface area contributed by atoms with Gasteiger partial charge in [0.25, 0.3) is 0 Å². The molecule has 0 aliphatic heterocycles. The maximum atomic E-state index is 8.64. The van der Waals surface area contributed by atoms with Gasteiger partial charge < -0.3 is 5.11 Å². The van der Waals surface area contributed by atoms with Gasteiger partial charge in [0.1, 0.15) is 0 Å². The van der Waals surface area contributed by atoms with Gasteiger partial charge in [0.15, 0.2) is 0 Å². The Hall–Kier alpha value is -0.300. The summed E-state index contributed by atoms with van der Waals surface area (Å²) in [5, 5.41) is 8.64. The van der Waals surface area contributed by atoms with Crippen molar-refractivity contribution in [2.24, 2.45) is 0 Å². The largest absolute Gasteiger partial charge is 0.396 e. The van der Waals surface area contributed by atoms with E-state index in [0.29, 0.717) is 6.61 Å². The maximum Gasteiger partial charge on any atom is 0.0431 e. The molecule has 1 nitrogen and oxygen atoms in total. The minimum Gasteiger partial charge on any atom is -0.396 e. The van der Waals surface area contributed by atoms with Gasteiger partial charge in [0.2, 0.25) is 0 Å². The molecule has 0 saturated carbocycles. The van der Waals surface area contributed by atoms with Crippen LogP contribution in [0.25, 0.3) is 0 Å². The zero-order valence-electron chi connectivity index (χ0n) is 11.8. The average Bonchev–Trinajstić information content (AvgIpc) is 2.35. The van der Waals surface area contributed by atoms with E-state index in [4.69, 9.17) is 5.11 Å². The van der Waals surface area contributed by atoms with E-state index in [1.165, 1.54) is 70.6 Å². The first-order chi connectivity index (χ1) is 8.41. The number of rotatable bonds is 13. The fourth-order valence-electron chi connectivity index (χ4n) is 2.01. The molecule has 0 bridgehead atoms. The van der Waals surface area contributed by atoms with Gasteiger partial charge in [0.05, 0.1) is 0 Å². The predicted molar refractivity (Wildman–Crippen MR) is 77.3 cm³/mol. The van der Waals surface area contributed by atoms with Crippen LogP contribution in [0.4, 0.5) is 0 Å². The van der Waals surface area contributed by atoms with Gasteiger partial charge in [-0.25, -0.2) is 0 Å². The van der Waals surface area contributed by atoms with Crippen LogP contribution >= 0.6 is 0 Å². The van der Waals surface area contributed by atoms with E-state index in [1.807, 2.05) is 0 Å². The Morgan fingerprint density at radius 3 is 1.65 bits per heavy atom. The Morgan fingerprint density at radius 1 is 0.647 bits per heavy atom. The van der Waals surface area contributed by atoms with E-state index in [-0.39, 0.29) is 0 Å². The second-order valence-electron chi connectivity index (χ2n) is 4.95. The molecule has 0 amide bonds. The zero-order chi connectivity index (χ0) is 12.6. The lowest BCUT2D eigenvalue weighted by Crippen LogP contribution is -1.84. The lowest BCUT2D eigenvalue weighted by atomic mass is 10.1. The summed E-state index contributed by atoms with van der Waals surface area (Å²) < 4.78 is 0. The normalized spacial score (nSPS) is 11.4. The van der Waals surface area contributed by atoms with Crippen LogP contribution < -0.4 is 0 Å². The molecule has 1 heteroatoms. The predicted octanol–water partition coefficient (Wildman–Crippen LogP) is 5.24. The molecule has 0 fully saturated rings. The molecule has 102 valence electrons. The van der Waals surface area contributed by atoms with Crippen molar-refractivity contribution in [1.29, 1.82) is 0 Å². The Balaban J connectivity index is 2.94. The zero-order valence-corrected chi connectivity index (χ0v) is 11.8. The topological polar surface area (TPSA) is 20.2 Å². The average molecular weight is 240 g/mol. The Morgan fingerprint density at radius 2 is 1.12 bits per heavy atom. The fourth-order valence-corrected chi connectivity index (χ4v) is 2.01. The van der Waals surface area contributed by atoms with Crippen LogP contribution in [0.2, 0.25) is 0 Å². The third kappa shape index (κ3) is 15.7. The van der Waals surface area contributed by atoms with Crippen LogP contribution in [0.5, 0.6) is 0 Å². The first-order valence-electron chi connectivity index (χ1n) is 7.67. The molecule has 0 spiro atoms. The molecule has 0 rings (SSSR count). The molecule has 0 aromatic carbocycles. The molecule has 0 aromatic rings. The Labute approximate surface area is 108 Å². The molecule has 0 unspecified atom stereocenters. The summed E-state index contributed by atoms with van der Waals surface area (Å²) in [6.07, 6.45) is 20.3. The van der Waals surface area contributed by atoms with Gasteiger partial charge in [-0.05, 0) is 25.7 Å². The third-order valence-corrected chi connectivity index (χ3v) is 3.15. The van der Waals surface area contributed by atoms with Crippen LogP contribution in [-0.4, -0.2) is 11.7 Å². The highest BCUT2D eigenvalue weighted by Gasteiger charge is 1.91. The molecule has 0 radical (unpaired) electrons. The molecule has 0 aliphatic rings. The summed E-state index contributed by atoms with van der Waals surface area (Å²) in [7, 11) is 0. The number of hydrogen-bond donors (Lipinski definition) is 1. The summed E-state index contributed by atoms with van der Waals surface area (Å²) in [4.78, 5) is 0. The van der Waals surface area contributed by atoms with Gasteiger partial charge in [-0.1, -0.05) is 70.4 Å². The highest BCUT2D eigenvalue weighted by Crippen LogP contribution is 2.10. The Kier molecular flexibility index (Phi) is 15.4. The van der Waals surface area contributed by atoms with Crippen molar-refractivity contribution in [2.75, 3.05) is 6.61 Å². The minimum absolute atomic E-state index is 0.367. The lowest BCUT2D eigenvalue weighted by Gasteiger charge is -2.01. The molecule has 0 saturated heterocycles. The van der Waals surface area contributed by atoms with E-state index < -0.39 is 0 Å². The molecular weight excluding hydrogens is 208 g/mol. The number of aliphatic hydroxyl groups excluding tert-OH is 1. The van der Waals surface area contributed by atoms with E-state index in [1.54, 1.807) is 0 Å². The van der Waals surface area contributed by atoms with Gasteiger partial charge in [-0.2, -0.15) is 0 Å². The van der Waals surface area contributed by atoms with Crippen molar-refractivity contribution in [3.8, 4) is 0 Å². The van der Waals surface area contributed by atoms with Gasteiger partial charge in [-0.3, -0.25) is 0 Å². The summed E-state index contributed by atoms with van der Waals surface area (Å²) >= 11 is 0. The second-order valence-corrected chi connectivity index (χ2v) is 4.95. The SMILES string of the molecule is CCC/C=C/CCCCCCCCCCCO.